The van der Waals surface area contributed by atoms with Crippen molar-refractivity contribution in [3.05, 3.63) is 0 Å². The Bertz CT molecular complexity index is 158. The minimum absolute atomic E-state index is 0.734. The molecule has 2 nitrogen and oxygen atoms in total. The van der Waals surface area contributed by atoms with E-state index in [1.54, 1.807) is 0 Å². The highest BCUT2D eigenvalue weighted by Crippen LogP contribution is 2.29. The van der Waals surface area contributed by atoms with Crippen LogP contribution in [0.15, 0.2) is 0 Å². The fourth-order valence-electron chi connectivity index (χ4n) is 2.06. The maximum atomic E-state index is 3.62. The molecule has 2 heteroatoms. The smallest absolute Gasteiger partial charge is 0.0218 e. The van der Waals surface area contributed by atoms with Gasteiger partial charge in [-0.15, -0.1) is 0 Å². The molecule has 1 aliphatic heterocycles. The van der Waals surface area contributed by atoms with Gasteiger partial charge in [0.15, 0.2) is 0 Å². The first-order valence-corrected chi connectivity index (χ1v) is 5.24. The molecule has 0 amide bonds. The molecule has 4 unspecified atom stereocenters. The van der Waals surface area contributed by atoms with E-state index in [0.717, 1.165) is 23.9 Å². The van der Waals surface area contributed by atoms with Gasteiger partial charge in [0.1, 0.15) is 0 Å². The van der Waals surface area contributed by atoms with E-state index in [2.05, 4.69) is 24.5 Å². The molecule has 2 aliphatic rings. The number of rotatable bonds is 3. The summed E-state index contributed by atoms with van der Waals surface area (Å²) in [6, 6.07) is 1.57. The molecule has 1 saturated carbocycles. The Labute approximate surface area is 75.1 Å². The Hall–Kier alpha value is -0.0800. The van der Waals surface area contributed by atoms with Crippen molar-refractivity contribution in [1.29, 1.82) is 0 Å². The predicted octanol–water partition coefficient (Wildman–Crippen LogP) is 0.982. The maximum absolute atomic E-state index is 3.62. The van der Waals surface area contributed by atoms with Crippen LogP contribution in [0.3, 0.4) is 0 Å². The van der Waals surface area contributed by atoms with Crippen molar-refractivity contribution in [3.63, 3.8) is 0 Å². The van der Waals surface area contributed by atoms with Gasteiger partial charge in [-0.2, -0.15) is 0 Å². The van der Waals surface area contributed by atoms with Crippen molar-refractivity contribution in [3.8, 4) is 0 Å². The second-order valence-corrected chi connectivity index (χ2v) is 4.55. The van der Waals surface area contributed by atoms with Gasteiger partial charge in [0.05, 0.1) is 0 Å². The summed E-state index contributed by atoms with van der Waals surface area (Å²) in [7, 11) is 0. The molecule has 0 bridgehead atoms. The molecule has 0 aromatic carbocycles. The van der Waals surface area contributed by atoms with Crippen LogP contribution in [0.1, 0.15) is 26.7 Å². The summed E-state index contributed by atoms with van der Waals surface area (Å²) >= 11 is 0. The average molecular weight is 168 g/mol. The summed E-state index contributed by atoms with van der Waals surface area (Å²) in [5, 5.41) is 7.16. The van der Waals surface area contributed by atoms with Gasteiger partial charge >= 0.3 is 0 Å². The molecule has 0 aromatic heterocycles. The van der Waals surface area contributed by atoms with E-state index in [1.807, 2.05) is 0 Å². The average Bonchev–Trinajstić information content (AvgIpc) is 2.57. The Morgan fingerprint density at radius 2 is 2.08 bits per heavy atom. The van der Waals surface area contributed by atoms with Crippen molar-refractivity contribution >= 4 is 0 Å². The van der Waals surface area contributed by atoms with Crippen LogP contribution in [0.5, 0.6) is 0 Å². The zero-order valence-corrected chi connectivity index (χ0v) is 8.14. The standard InChI is InChI=1S/C10H20N2/c1-7-3-4-11-10(7)6-12-9-5-8(9)2/h7-12H,3-6H2,1-2H3. The number of nitrogens with one attached hydrogen (secondary N) is 2. The summed E-state index contributed by atoms with van der Waals surface area (Å²) in [4.78, 5) is 0. The lowest BCUT2D eigenvalue weighted by Crippen LogP contribution is -2.38. The molecular weight excluding hydrogens is 148 g/mol. The van der Waals surface area contributed by atoms with Crippen LogP contribution in [0.2, 0.25) is 0 Å². The first-order chi connectivity index (χ1) is 5.77. The lowest BCUT2D eigenvalue weighted by molar-refractivity contribution is 0.443. The van der Waals surface area contributed by atoms with Gasteiger partial charge < -0.3 is 10.6 Å². The summed E-state index contributed by atoms with van der Waals surface area (Å²) in [5.41, 5.74) is 0. The molecule has 4 atom stereocenters. The number of hydrogen-bond acceptors (Lipinski definition) is 2. The highest BCUT2D eigenvalue weighted by Gasteiger charge is 2.33. The quantitative estimate of drug-likeness (QED) is 0.656. The minimum atomic E-state index is 0.734. The normalized spacial score (nSPS) is 46.5. The van der Waals surface area contributed by atoms with Crippen molar-refractivity contribution in [2.75, 3.05) is 13.1 Å². The highest BCUT2D eigenvalue weighted by molar-refractivity contribution is 4.92. The van der Waals surface area contributed by atoms with Gasteiger partial charge in [-0.3, -0.25) is 0 Å². The largest absolute Gasteiger partial charge is 0.312 e. The van der Waals surface area contributed by atoms with Crippen molar-refractivity contribution < 1.29 is 0 Å². The Morgan fingerprint density at radius 3 is 2.58 bits per heavy atom. The molecule has 1 saturated heterocycles. The van der Waals surface area contributed by atoms with E-state index in [-0.39, 0.29) is 0 Å². The van der Waals surface area contributed by atoms with Crippen molar-refractivity contribution in [2.24, 2.45) is 11.8 Å². The lowest BCUT2D eigenvalue weighted by atomic mass is 10.0. The van der Waals surface area contributed by atoms with Gasteiger partial charge in [0, 0.05) is 18.6 Å². The van der Waals surface area contributed by atoms with E-state index in [9.17, 15) is 0 Å². The highest BCUT2D eigenvalue weighted by atomic mass is 15.0. The lowest BCUT2D eigenvalue weighted by Gasteiger charge is -2.16. The van der Waals surface area contributed by atoms with Crippen LogP contribution in [-0.4, -0.2) is 25.2 Å². The first kappa shape index (κ1) is 8.52. The monoisotopic (exact) mass is 168 g/mol. The first-order valence-electron chi connectivity index (χ1n) is 5.24. The molecule has 70 valence electrons. The maximum Gasteiger partial charge on any atom is 0.0218 e. The van der Waals surface area contributed by atoms with Gasteiger partial charge in [0.25, 0.3) is 0 Å². The summed E-state index contributed by atoms with van der Waals surface area (Å²) in [6.45, 7) is 7.07. The fourth-order valence-corrected chi connectivity index (χ4v) is 2.06. The second-order valence-electron chi connectivity index (χ2n) is 4.55. The predicted molar refractivity (Wildman–Crippen MR) is 51.1 cm³/mol. The third-order valence-corrected chi connectivity index (χ3v) is 3.40. The summed E-state index contributed by atoms with van der Waals surface area (Å²) in [5.74, 6) is 1.80. The Morgan fingerprint density at radius 1 is 1.33 bits per heavy atom. The summed E-state index contributed by atoms with van der Waals surface area (Å²) in [6.07, 6.45) is 2.74. The molecule has 0 radical (unpaired) electrons. The van der Waals surface area contributed by atoms with Crippen LogP contribution in [0.4, 0.5) is 0 Å². The molecule has 0 aromatic rings. The fraction of sp³-hybridized carbons (Fsp3) is 1.00. The van der Waals surface area contributed by atoms with Crippen LogP contribution in [0, 0.1) is 11.8 Å². The third kappa shape index (κ3) is 1.80. The second kappa shape index (κ2) is 3.35. The minimum Gasteiger partial charge on any atom is -0.312 e. The van der Waals surface area contributed by atoms with E-state index in [4.69, 9.17) is 0 Å². The zero-order valence-electron chi connectivity index (χ0n) is 8.14. The zero-order chi connectivity index (χ0) is 8.55. The van der Waals surface area contributed by atoms with Gasteiger partial charge in [-0.25, -0.2) is 0 Å². The molecule has 1 aliphatic carbocycles. The third-order valence-electron chi connectivity index (χ3n) is 3.40. The number of hydrogen-bond donors (Lipinski definition) is 2. The molecule has 0 spiro atoms. The van der Waals surface area contributed by atoms with E-state index in [0.29, 0.717) is 0 Å². The Balaban J connectivity index is 1.65. The van der Waals surface area contributed by atoms with E-state index in [1.165, 1.54) is 25.9 Å². The van der Waals surface area contributed by atoms with Crippen LogP contribution < -0.4 is 10.6 Å². The molecule has 2 fully saturated rings. The molecule has 12 heavy (non-hydrogen) atoms. The van der Waals surface area contributed by atoms with Crippen LogP contribution >= 0.6 is 0 Å². The Kier molecular flexibility index (Phi) is 2.37. The van der Waals surface area contributed by atoms with Crippen LogP contribution in [0.25, 0.3) is 0 Å². The van der Waals surface area contributed by atoms with Crippen molar-refractivity contribution in [1.82, 2.24) is 10.6 Å². The summed E-state index contributed by atoms with van der Waals surface area (Å²) < 4.78 is 0. The SMILES string of the molecule is CC1CCNC1CNC1CC1C. The van der Waals surface area contributed by atoms with Gasteiger partial charge in [0.2, 0.25) is 0 Å². The molecule has 2 N–H and O–H groups in total. The van der Waals surface area contributed by atoms with Crippen molar-refractivity contribution in [2.45, 2.75) is 38.8 Å². The van der Waals surface area contributed by atoms with Gasteiger partial charge in [-0.05, 0) is 31.2 Å². The van der Waals surface area contributed by atoms with E-state index < -0.39 is 0 Å². The molecular formula is C10H20N2. The topological polar surface area (TPSA) is 24.1 Å². The molecule has 1 heterocycles. The van der Waals surface area contributed by atoms with E-state index >= 15 is 0 Å². The molecule has 2 rings (SSSR count). The van der Waals surface area contributed by atoms with Gasteiger partial charge in [-0.1, -0.05) is 13.8 Å². The van der Waals surface area contributed by atoms with Crippen LogP contribution in [-0.2, 0) is 0 Å².